The van der Waals surface area contributed by atoms with Gasteiger partial charge in [-0.2, -0.15) is 0 Å². The number of aliphatic hydroxyl groups is 1. The minimum atomic E-state index is 0.246. The van der Waals surface area contributed by atoms with Crippen molar-refractivity contribution in [3.05, 3.63) is 34.3 Å². The van der Waals surface area contributed by atoms with E-state index in [9.17, 15) is 0 Å². The molecule has 0 radical (unpaired) electrons. The molecule has 2 rings (SSSR count). The molecule has 0 aromatic heterocycles. The summed E-state index contributed by atoms with van der Waals surface area (Å²) in [5.41, 5.74) is 2.74. The van der Waals surface area contributed by atoms with E-state index in [0.717, 1.165) is 24.3 Å². The van der Waals surface area contributed by atoms with Gasteiger partial charge in [-0.15, -0.1) is 0 Å². The van der Waals surface area contributed by atoms with E-state index in [4.69, 9.17) is 16.7 Å². The lowest BCUT2D eigenvalue weighted by Gasteiger charge is -2.26. The van der Waals surface area contributed by atoms with Gasteiger partial charge in [0.1, 0.15) is 0 Å². The molecule has 2 nitrogen and oxygen atoms in total. The zero-order chi connectivity index (χ0) is 13.1. The highest BCUT2D eigenvalue weighted by atomic mass is 35.5. The van der Waals surface area contributed by atoms with Gasteiger partial charge in [0.25, 0.3) is 0 Å². The quantitative estimate of drug-likeness (QED) is 0.858. The van der Waals surface area contributed by atoms with Crippen molar-refractivity contribution >= 4 is 11.6 Å². The number of nitrogens with one attached hydrogen (secondary N) is 1. The van der Waals surface area contributed by atoms with Gasteiger partial charge in [-0.05, 0) is 48.4 Å². The molecular weight excluding hydrogens is 246 g/mol. The number of fused-ring (bicyclic) bond motifs is 1. The van der Waals surface area contributed by atoms with Crippen LogP contribution in [0.25, 0.3) is 0 Å². The van der Waals surface area contributed by atoms with Gasteiger partial charge in [-0.3, -0.25) is 0 Å². The van der Waals surface area contributed by atoms with Crippen LogP contribution in [0.3, 0.4) is 0 Å². The Kier molecular flexibility index (Phi) is 4.66. The van der Waals surface area contributed by atoms with E-state index in [1.807, 2.05) is 6.07 Å². The summed E-state index contributed by atoms with van der Waals surface area (Å²) in [7, 11) is 0. The zero-order valence-electron chi connectivity index (χ0n) is 11.1. The highest BCUT2D eigenvalue weighted by Crippen LogP contribution is 2.33. The van der Waals surface area contributed by atoms with E-state index >= 15 is 0 Å². The van der Waals surface area contributed by atoms with Crippen molar-refractivity contribution in [1.29, 1.82) is 0 Å². The van der Waals surface area contributed by atoms with Gasteiger partial charge in [0, 0.05) is 23.7 Å². The second-order valence-corrected chi connectivity index (χ2v) is 5.90. The van der Waals surface area contributed by atoms with Gasteiger partial charge >= 0.3 is 0 Å². The van der Waals surface area contributed by atoms with Crippen molar-refractivity contribution in [3.8, 4) is 0 Å². The SMILES string of the molecule is CC(C)C(CCO)NC1CCc2cc(Cl)ccc21. The molecule has 1 aliphatic rings. The average molecular weight is 268 g/mol. The fourth-order valence-corrected chi connectivity index (χ4v) is 2.96. The maximum Gasteiger partial charge on any atom is 0.0445 e. The number of hydrogen-bond donors (Lipinski definition) is 2. The summed E-state index contributed by atoms with van der Waals surface area (Å²) in [6.07, 6.45) is 3.04. The molecule has 2 unspecified atom stereocenters. The molecule has 0 saturated carbocycles. The minimum Gasteiger partial charge on any atom is -0.396 e. The Labute approximate surface area is 114 Å². The van der Waals surface area contributed by atoms with E-state index in [1.54, 1.807) is 0 Å². The van der Waals surface area contributed by atoms with Gasteiger partial charge in [0.2, 0.25) is 0 Å². The summed E-state index contributed by atoms with van der Waals surface area (Å²) in [5.74, 6) is 0.536. The maximum atomic E-state index is 9.13. The van der Waals surface area contributed by atoms with Crippen LogP contribution in [0.2, 0.25) is 5.02 Å². The smallest absolute Gasteiger partial charge is 0.0445 e. The van der Waals surface area contributed by atoms with E-state index in [2.05, 4.69) is 31.3 Å². The number of aryl methyl sites for hydroxylation is 1. The molecule has 2 N–H and O–H groups in total. The molecule has 2 atom stereocenters. The first-order valence-corrected chi connectivity index (χ1v) is 7.15. The topological polar surface area (TPSA) is 32.3 Å². The van der Waals surface area contributed by atoms with Crippen molar-refractivity contribution < 1.29 is 5.11 Å². The zero-order valence-corrected chi connectivity index (χ0v) is 11.9. The predicted molar refractivity (Wildman–Crippen MR) is 76.0 cm³/mol. The number of aliphatic hydroxyl groups excluding tert-OH is 1. The summed E-state index contributed by atoms with van der Waals surface area (Å²) in [6, 6.07) is 6.97. The van der Waals surface area contributed by atoms with Gasteiger partial charge in [-0.25, -0.2) is 0 Å². The average Bonchev–Trinajstić information content (AvgIpc) is 2.71. The molecule has 0 saturated heterocycles. The van der Waals surface area contributed by atoms with Crippen LogP contribution >= 0.6 is 11.6 Å². The molecule has 100 valence electrons. The Morgan fingerprint density at radius 2 is 2.22 bits per heavy atom. The largest absolute Gasteiger partial charge is 0.396 e. The molecular formula is C15H22ClNO. The van der Waals surface area contributed by atoms with Gasteiger partial charge in [0.15, 0.2) is 0 Å². The van der Waals surface area contributed by atoms with Crippen molar-refractivity contribution in [2.24, 2.45) is 5.92 Å². The molecule has 0 bridgehead atoms. The van der Waals surface area contributed by atoms with E-state index in [-0.39, 0.29) is 6.61 Å². The first-order chi connectivity index (χ1) is 8.61. The lowest BCUT2D eigenvalue weighted by molar-refractivity contribution is 0.234. The third-order valence-corrected chi connectivity index (χ3v) is 4.08. The van der Waals surface area contributed by atoms with E-state index in [1.165, 1.54) is 11.1 Å². The number of halogens is 1. The Morgan fingerprint density at radius 1 is 1.44 bits per heavy atom. The van der Waals surface area contributed by atoms with E-state index in [0.29, 0.717) is 18.0 Å². The van der Waals surface area contributed by atoms with Crippen molar-refractivity contribution in [2.75, 3.05) is 6.61 Å². The maximum absolute atomic E-state index is 9.13. The van der Waals surface area contributed by atoms with Crippen molar-refractivity contribution in [2.45, 2.75) is 45.2 Å². The lowest BCUT2D eigenvalue weighted by Crippen LogP contribution is -2.36. The summed E-state index contributed by atoms with van der Waals surface area (Å²) >= 11 is 6.02. The number of hydrogen-bond acceptors (Lipinski definition) is 2. The molecule has 0 spiro atoms. The number of rotatable bonds is 5. The summed E-state index contributed by atoms with van der Waals surface area (Å²) in [4.78, 5) is 0. The molecule has 1 aromatic rings. The predicted octanol–water partition coefficient (Wildman–Crippen LogP) is 3.32. The van der Waals surface area contributed by atoms with Crippen LogP contribution in [-0.4, -0.2) is 17.8 Å². The van der Waals surface area contributed by atoms with Crippen LogP contribution in [0.15, 0.2) is 18.2 Å². The van der Waals surface area contributed by atoms with Crippen LogP contribution in [0.5, 0.6) is 0 Å². The Morgan fingerprint density at radius 3 is 2.89 bits per heavy atom. The lowest BCUT2D eigenvalue weighted by atomic mass is 9.98. The summed E-state index contributed by atoms with van der Waals surface area (Å²) in [5, 5.41) is 13.6. The van der Waals surface area contributed by atoms with Crippen LogP contribution in [0.4, 0.5) is 0 Å². The third-order valence-electron chi connectivity index (χ3n) is 3.84. The van der Waals surface area contributed by atoms with Crippen LogP contribution in [-0.2, 0) is 6.42 Å². The van der Waals surface area contributed by atoms with Gasteiger partial charge in [-0.1, -0.05) is 31.5 Å². The Balaban J connectivity index is 2.08. The second kappa shape index (κ2) is 6.05. The highest BCUT2D eigenvalue weighted by molar-refractivity contribution is 6.30. The van der Waals surface area contributed by atoms with Gasteiger partial charge in [0.05, 0.1) is 0 Å². The normalized spacial score (nSPS) is 20.2. The van der Waals surface area contributed by atoms with E-state index < -0.39 is 0 Å². The van der Waals surface area contributed by atoms with Gasteiger partial charge < -0.3 is 10.4 Å². The molecule has 0 fully saturated rings. The molecule has 1 aromatic carbocycles. The molecule has 0 heterocycles. The summed E-state index contributed by atoms with van der Waals surface area (Å²) in [6.45, 7) is 4.64. The molecule has 1 aliphatic carbocycles. The highest BCUT2D eigenvalue weighted by Gasteiger charge is 2.25. The minimum absolute atomic E-state index is 0.246. The number of benzene rings is 1. The Hall–Kier alpha value is -0.570. The standard InChI is InChI=1S/C15H22ClNO/c1-10(2)14(7-8-18)17-15-6-3-11-9-12(16)4-5-13(11)15/h4-5,9-10,14-15,17-18H,3,6-8H2,1-2H3. The Bertz CT molecular complexity index is 405. The van der Waals surface area contributed by atoms with Crippen molar-refractivity contribution in [3.63, 3.8) is 0 Å². The van der Waals surface area contributed by atoms with Crippen molar-refractivity contribution in [1.82, 2.24) is 5.32 Å². The fourth-order valence-electron chi connectivity index (χ4n) is 2.77. The third kappa shape index (κ3) is 3.05. The molecule has 0 aliphatic heterocycles. The van der Waals surface area contributed by atoms with Crippen LogP contribution < -0.4 is 5.32 Å². The monoisotopic (exact) mass is 267 g/mol. The summed E-state index contributed by atoms with van der Waals surface area (Å²) < 4.78 is 0. The first-order valence-electron chi connectivity index (χ1n) is 6.77. The molecule has 18 heavy (non-hydrogen) atoms. The second-order valence-electron chi connectivity index (χ2n) is 5.46. The van der Waals surface area contributed by atoms with Crippen LogP contribution in [0.1, 0.15) is 43.9 Å². The van der Waals surface area contributed by atoms with Crippen LogP contribution in [0, 0.1) is 5.92 Å². The fraction of sp³-hybridized carbons (Fsp3) is 0.600. The molecule has 3 heteroatoms. The first kappa shape index (κ1) is 13.9. The molecule has 0 amide bonds.